The van der Waals surface area contributed by atoms with Gasteiger partial charge in [0.15, 0.2) is 5.78 Å². The molecule has 134 valence electrons. The fourth-order valence-electron chi connectivity index (χ4n) is 2.84. The minimum absolute atomic E-state index is 0.0195. The lowest BCUT2D eigenvalue weighted by atomic mass is 10.1. The van der Waals surface area contributed by atoms with Crippen LogP contribution in [0.3, 0.4) is 0 Å². The Bertz CT molecular complexity index is 1080. The predicted molar refractivity (Wildman–Crippen MR) is 102 cm³/mol. The number of rotatable bonds is 6. The molecule has 5 nitrogen and oxygen atoms in total. The van der Waals surface area contributed by atoms with Crippen LogP contribution < -0.4 is 4.74 Å². The summed E-state index contributed by atoms with van der Waals surface area (Å²) in [5.74, 6) is 1.24. The van der Waals surface area contributed by atoms with Crippen LogP contribution in [0.15, 0.2) is 71.3 Å². The molecule has 2 aromatic heterocycles. The van der Waals surface area contributed by atoms with E-state index in [1.165, 1.54) is 0 Å². The Morgan fingerprint density at radius 3 is 2.63 bits per heavy atom. The van der Waals surface area contributed by atoms with E-state index in [0.717, 1.165) is 22.3 Å². The molecule has 0 aliphatic heterocycles. The molecule has 0 aliphatic rings. The minimum atomic E-state index is -0.0195. The molecule has 0 bridgehead atoms. The van der Waals surface area contributed by atoms with Gasteiger partial charge in [-0.3, -0.25) is 4.79 Å². The van der Waals surface area contributed by atoms with Crippen LogP contribution in [0.5, 0.6) is 5.75 Å². The van der Waals surface area contributed by atoms with E-state index in [2.05, 4.69) is 10.1 Å². The van der Waals surface area contributed by atoms with Crippen LogP contribution in [0.4, 0.5) is 0 Å². The Morgan fingerprint density at radius 1 is 1.04 bits per heavy atom. The highest BCUT2D eigenvalue weighted by Crippen LogP contribution is 2.17. The van der Waals surface area contributed by atoms with Gasteiger partial charge < -0.3 is 9.26 Å². The quantitative estimate of drug-likeness (QED) is 0.474. The Hall–Kier alpha value is -3.47. The highest BCUT2D eigenvalue weighted by Gasteiger charge is 2.11. The van der Waals surface area contributed by atoms with Gasteiger partial charge in [0.25, 0.3) is 0 Å². The second-order valence-electron chi connectivity index (χ2n) is 6.34. The summed E-state index contributed by atoms with van der Waals surface area (Å²) in [5, 5.41) is 4.90. The fourth-order valence-corrected chi connectivity index (χ4v) is 2.84. The molecule has 4 aromatic rings. The van der Waals surface area contributed by atoms with Crippen molar-refractivity contribution in [1.29, 1.82) is 0 Å². The molecular formula is C22H18N2O3. The van der Waals surface area contributed by atoms with Gasteiger partial charge in [-0.1, -0.05) is 29.4 Å². The number of para-hydroxylation sites is 1. The molecule has 2 heterocycles. The summed E-state index contributed by atoms with van der Waals surface area (Å²) in [6, 6.07) is 20.8. The lowest BCUT2D eigenvalue weighted by Gasteiger charge is -2.07. The van der Waals surface area contributed by atoms with Crippen molar-refractivity contribution in [3.63, 3.8) is 0 Å². The summed E-state index contributed by atoms with van der Waals surface area (Å²) in [7, 11) is 0. The third-order valence-electron chi connectivity index (χ3n) is 4.23. The number of aryl methyl sites for hydroxylation is 1. The molecule has 0 saturated carbocycles. The largest absolute Gasteiger partial charge is 0.487 e. The molecule has 0 fully saturated rings. The van der Waals surface area contributed by atoms with Crippen molar-refractivity contribution in [1.82, 2.24) is 10.1 Å². The molecule has 0 saturated heterocycles. The van der Waals surface area contributed by atoms with Gasteiger partial charge in [-0.15, -0.1) is 0 Å². The molecule has 27 heavy (non-hydrogen) atoms. The first-order valence-electron chi connectivity index (χ1n) is 8.70. The van der Waals surface area contributed by atoms with Crippen molar-refractivity contribution < 1.29 is 14.1 Å². The highest BCUT2D eigenvalue weighted by atomic mass is 16.5. The molecule has 0 amide bonds. The lowest BCUT2D eigenvalue weighted by molar-refractivity contribution is 0.0984. The van der Waals surface area contributed by atoms with E-state index in [9.17, 15) is 4.79 Å². The summed E-state index contributed by atoms with van der Waals surface area (Å²) in [6.45, 7) is 2.20. The van der Waals surface area contributed by atoms with E-state index in [-0.39, 0.29) is 12.2 Å². The smallest absolute Gasteiger partial charge is 0.170 e. The monoisotopic (exact) mass is 358 g/mol. The molecule has 0 radical (unpaired) electrons. The number of ketones is 1. The van der Waals surface area contributed by atoms with Crippen molar-refractivity contribution in [3.05, 3.63) is 89.4 Å². The summed E-state index contributed by atoms with van der Waals surface area (Å²) in [6.07, 6.45) is 0.196. The number of aromatic nitrogens is 2. The average Bonchev–Trinajstić information content (AvgIpc) is 3.11. The zero-order valence-electron chi connectivity index (χ0n) is 14.9. The Kier molecular flexibility index (Phi) is 4.66. The molecule has 2 aromatic carbocycles. The molecule has 0 spiro atoms. The van der Waals surface area contributed by atoms with Gasteiger partial charge in [0.1, 0.15) is 18.1 Å². The van der Waals surface area contributed by atoms with Gasteiger partial charge in [0, 0.05) is 17.0 Å². The molecule has 0 N–H and O–H groups in total. The average molecular weight is 358 g/mol. The topological polar surface area (TPSA) is 65.2 Å². The summed E-state index contributed by atoms with van der Waals surface area (Å²) >= 11 is 0. The minimum Gasteiger partial charge on any atom is -0.487 e. The van der Waals surface area contributed by atoms with E-state index in [0.29, 0.717) is 23.7 Å². The Balaban J connectivity index is 1.39. The molecular weight excluding hydrogens is 340 g/mol. The number of fused-ring (bicyclic) bond motifs is 1. The van der Waals surface area contributed by atoms with Crippen LogP contribution in [0.25, 0.3) is 10.9 Å². The standard InChI is InChI=1S/C22H18N2O3/c1-15-12-20(27-24-15)13-22(25)17-7-10-19(11-8-17)26-14-18-9-6-16-4-2-3-5-21(16)23-18/h2-12H,13-14H2,1H3. The molecule has 0 atom stereocenters. The maximum absolute atomic E-state index is 12.3. The van der Waals surface area contributed by atoms with Crippen molar-refractivity contribution in [2.45, 2.75) is 20.0 Å². The molecule has 0 unspecified atom stereocenters. The second kappa shape index (κ2) is 7.41. The Labute approximate surface area is 156 Å². The van der Waals surface area contributed by atoms with E-state index in [4.69, 9.17) is 9.26 Å². The number of carbonyl (C=O) groups is 1. The van der Waals surface area contributed by atoms with Gasteiger partial charge >= 0.3 is 0 Å². The van der Waals surface area contributed by atoms with Gasteiger partial charge in [0.05, 0.1) is 23.3 Å². The maximum Gasteiger partial charge on any atom is 0.170 e. The first kappa shape index (κ1) is 17.0. The second-order valence-corrected chi connectivity index (χ2v) is 6.34. The number of Topliss-reactive ketones (excluding diaryl/α,β-unsaturated/α-hetero) is 1. The lowest BCUT2D eigenvalue weighted by Crippen LogP contribution is -2.03. The number of carbonyl (C=O) groups excluding carboxylic acids is 1. The van der Waals surface area contributed by atoms with Crippen molar-refractivity contribution in [2.24, 2.45) is 0 Å². The van der Waals surface area contributed by atoms with Gasteiger partial charge in [-0.2, -0.15) is 0 Å². The zero-order chi connectivity index (χ0) is 18.6. The van der Waals surface area contributed by atoms with Crippen LogP contribution in [-0.2, 0) is 13.0 Å². The Morgan fingerprint density at radius 2 is 1.85 bits per heavy atom. The van der Waals surface area contributed by atoms with Crippen LogP contribution in [-0.4, -0.2) is 15.9 Å². The first-order chi connectivity index (χ1) is 13.2. The molecule has 0 aliphatic carbocycles. The summed E-state index contributed by atoms with van der Waals surface area (Å²) in [5.41, 5.74) is 3.18. The third kappa shape index (κ3) is 4.03. The number of benzene rings is 2. The highest BCUT2D eigenvalue weighted by molar-refractivity contribution is 5.97. The van der Waals surface area contributed by atoms with Crippen molar-refractivity contribution in [3.8, 4) is 5.75 Å². The van der Waals surface area contributed by atoms with Crippen LogP contribution in [0, 0.1) is 6.92 Å². The van der Waals surface area contributed by atoms with Gasteiger partial charge in [-0.05, 0) is 43.3 Å². The van der Waals surface area contributed by atoms with Crippen LogP contribution in [0.2, 0.25) is 0 Å². The third-order valence-corrected chi connectivity index (χ3v) is 4.23. The molecule has 5 heteroatoms. The van der Waals surface area contributed by atoms with E-state index in [1.54, 1.807) is 30.3 Å². The summed E-state index contributed by atoms with van der Waals surface area (Å²) < 4.78 is 10.9. The predicted octanol–water partition coefficient (Wildman–Crippen LogP) is 4.54. The van der Waals surface area contributed by atoms with E-state index >= 15 is 0 Å². The number of ether oxygens (including phenoxy) is 1. The van der Waals surface area contributed by atoms with Crippen LogP contribution >= 0.6 is 0 Å². The van der Waals surface area contributed by atoms with E-state index in [1.807, 2.05) is 43.3 Å². The summed E-state index contributed by atoms with van der Waals surface area (Å²) in [4.78, 5) is 16.9. The van der Waals surface area contributed by atoms with Crippen molar-refractivity contribution >= 4 is 16.7 Å². The van der Waals surface area contributed by atoms with E-state index < -0.39 is 0 Å². The first-order valence-corrected chi connectivity index (χ1v) is 8.70. The van der Waals surface area contributed by atoms with Gasteiger partial charge in [0.2, 0.25) is 0 Å². The number of hydrogen-bond donors (Lipinski definition) is 0. The van der Waals surface area contributed by atoms with Crippen LogP contribution in [0.1, 0.15) is 27.5 Å². The number of nitrogens with zero attached hydrogens (tertiary/aromatic N) is 2. The van der Waals surface area contributed by atoms with Crippen molar-refractivity contribution in [2.75, 3.05) is 0 Å². The maximum atomic E-state index is 12.3. The number of pyridine rings is 1. The SMILES string of the molecule is Cc1cc(CC(=O)c2ccc(OCc3ccc4ccccc4n3)cc2)on1. The number of hydrogen-bond acceptors (Lipinski definition) is 5. The normalized spacial score (nSPS) is 10.9. The fraction of sp³-hybridized carbons (Fsp3) is 0.136. The molecule has 4 rings (SSSR count). The van der Waals surface area contributed by atoms with Gasteiger partial charge in [-0.25, -0.2) is 4.98 Å². The zero-order valence-corrected chi connectivity index (χ0v) is 14.9.